The number of hydrogen-bond acceptors (Lipinski definition) is 3. The fourth-order valence-corrected chi connectivity index (χ4v) is 1.66. The minimum absolute atomic E-state index is 0.337. The van der Waals surface area contributed by atoms with Crippen LogP contribution in [0.4, 0.5) is 0 Å². The van der Waals surface area contributed by atoms with Crippen LogP contribution in [0, 0.1) is 6.92 Å². The number of nitrogens with one attached hydrogen (secondary N) is 1. The van der Waals surface area contributed by atoms with Gasteiger partial charge in [-0.25, -0.2) is 0 Å². The van der Waals surface area contributed by atoms with Gasteiger partial charge in [-0.3, -0.25) is 0 Å². The fraction of sp³-hybridized carbons (Fsp3) is 0.400. The molecule has 0 fully saturated rings. The number of hydrogen-bond donors (Lipinski definition) is 1. The van der Waals surface area contributed by atoms with Crippen LogP contribution in [-0.2, 0) is 6.54 Å². The molecule has 1 aliphatic heterocycles. The maximum absolute atomic E-state index is 5.31. The Morgan fingerprint density at radius 3 is 2.79 bits per heavy atom. The van der Waals surface area contributed by atoms with Crippen molar-refractivity contribution in [3.8, 4) is 11.5 Å². The van der Waals surface area contributed by atoms with Crippen LogP contribution < -0.4 is 14.8 Å². The lowest BCUT2D eigenvalue weighted by Gasteiger charge is -2.07. The summed E-state index contributed by atoms with van der Waals surface area (Å²) in [4.78, 5) is 0. The Bertz CT molecular complexity index is 341. The molecule has 14 heavy (non-hydrogen) atoms. The van der Waals surface area contributed by atoms with Gasteiger partial charge < -0.3 is 14.8 Å². The summed E-state index contributed by atoms with van der Waals surface area (Å²) in [5.41, 5.74) is 3.26. The van der Waals surface area contributed by atoms with Gasteiger partial charge in [0.15, 0.2) is 11.5 Å². The number of fused-ring (bicyclic) bond motifs is 1. The average molecular weight is 258 g/mol. The largest absolute Gasteiger partial charge is 0.454 e. The van der Waals surface area contributed by atoms with E-state index in [1.54, 1.807) is 0 Å². The molecule has 0 saturated heterocycles. The zero-order valence-electron chi connectivity index (χ0n) is 7.97. The smallest absolute Gasteiger partial charge is 0.231 e. The molecule has 1 aromatic carbocycles. The molecule has 1 N–H and O–H groups in total. The molecule has 0 saturated carbocycles. The summed E-state index contributed by atoms with van der Waals surface area (Å²) in [6.45, 7) is 3.25. The molecule has 0 unspecified atom stereocenters. The topological polar surface area (TPSA) is 30.5 Å². The lowest BCUT2D eigenvalue weighted by molar-refractivity contribution is 0.174. The third-order valence-corrected chi connectivity index (χ3v) is 2.64. The molecule has 3 nitrogen and oxygen atoms in total. The molecule has 0 bridgehead atoms. The van der Waals surface area contributed by atoms with Gasteiger partial charge in [-0.1, -0.05) is 15.9 Å². The Balaban J connectivity index is 2.23. The molecule has 2 rings (SSSR count). The summed E-state index contributed by atoms with van der Waals surface area (Å²) >= 11 is 3.33. The molecule has 1 aliphatic rings. The normalized spacial score (nSPS) is 13.3. The van der Waals surface area contributed by atoms with Crippen LogP contribution in [0.15, 0.2) is 12.1 Å². The van der Waals surface area contributed by atoms with Crippen molar-refractivity contribution in [1.82, 2.24) is 5.32 Å². The quantitative estimate of drug-likeness (QED) is 0.665. The minimum atomic E-state index is 0.337. The number of alkyl halides is 1. The van der Waals surface area contributed by atoms with E-state index in [2.05, 4.69) is 28.2 Å². The van der Waals surface area contributed by atoms with Crippen molar-refractivity contribution in [2.75, 3.05) is 12.2 Å². The molecule has 0 amide bonds. The summed E-state index contributed by atoms with van der Waals surface area (Å²) < 4.78 is 10.6. The molecule has 0 atom stereocenters. The highest BCUT2D eigenvalue weighted by Crippen LogP contribution is 2.34. The van der Waals surface area contributed by atoms with E-state index in [0.29, 0.717) is 6.79 Å². The Kier molecular flexibility index (Phi) is 2.93. The Morgan fingerprint density at radius 1 is 1.36 bits per heavy atom. The minimum Gasteiger partial charge on any atom is -0.454 e. The SMILES string of the molecule is Cc1cc2c(cc1CNCBr)OCO2. The van der Waals surface area contributed by atoms with Crippen molar-refractivity contribution in [3.05, 3.63) is 23.3 Å². The summed E-state index contributed by atoms with van der Waals surface area (Å²) in [7, 11) is 0. The number of halogens is 1. The third-order valence-electron chi connectivity index (χ3n) is 2.24. The van der Waals surface area contributed by atoms with E-state index in [0.717, 1.165) is 23.5 Å². The fourth-order valence-electron chi connectivity index (χ4n) is 1.46. The van der Waals surface area contributed by atoms with Crippen molar-refractivity contribution in [1.29, 1.82) is 0 Å². The van der Waals surface area contributed by atoms with E-state index >= 15 is 0 Å². The van der Waals surface area contributed by atoms with Crippen LogP contribution in [0.25, 0.3) is 0 Å². The molecule has 0 spiro atoms. The summed E-state index contributed by atoms with van der Waals surface area (Å²) in [5, 5.41) is 3.22. The number of benzene rings is 1. The van der Waals surface area contributed by atoms with Crippen molar-refractivity contribution >= 4 is 15.9 Å². The second-order valence-electron chi connectivity index (χ2n) is 3.19. The van der Waals surface area contributed by atoms with Crippen molar-refractivity contribution in [2.24, 2.45) is 0 Å². The second-order valence-corrected chi connectivity index (χ2v) is 3.75. The molecule has 1 heterocycles. The van der Waals surface area contributed by atoms with Crippen LogP contribution >= 0.6 is 15.9 Å². The van der Waals surface area contributed by atoms with E-state index in [-0.39, 0.29) is 0 Å². The summed E-state index contributed by atoms with van der Waals surface area (Å²) in [6, 6.07) is 4.06. The highest BCUT2D eigenvalue weighted by molar-refractivity contribution is 9.09. The maximum atomic E-state index is 5.31. The van der Waals surface area contributed by atoms with E-state index in [1.165, 1.54) is 11.1 Å². The predicted molar refractivity (Wildman–Crippen MR) is 57.9 cm³/mol. The number of ether oxygens (including phenoxy) is 2. The van der Waals surface area contributed by atoms with Gasteiger partial charge in [0.05, 0.1) is 5.45 Å². The van der Waals surface area contributed by atoms with Crippen LogP contribution in [0.5, 0.6) is 11.5 Å². The Morgan fingerprint density at radius 2 is 2.07 bits per heavy atom. The van der Waals surface area contributed by atoms with Crippen LogP contribution in [-0.4, -0.2) is 12.2 Å². The molecule has 0 radical (unpaired) electrons. The first-order chi connectivity index (χ1) is 6.81. The Hall–Kier alpha value is -0.740. The molecular formula is C10H12BrNO2. The van der Waals surface area contributed by atoms with Crippen molar-refractivity contribution in [2.45, 2.75) is 13.5 Å². The monoisotopic (exact) mass is 257 g/mol. The summed E-state index contributed by atoms with van der Waals surface area (Å²) in [5.74, 6) is 1.70. The second kappa shape index (κ2) is 4.19. The van der Waals surface area contributed by atoms with E-state index in [9.17, 15) is 0 Å². The van der Waals surface area contributed by atoms with Gasteiger partial charge in [-0.2, -0.15) is 0 Å². The van der Waals surface area contributed by atoms with Gasteiger partial charge >= 0.3 is 0 Å². The molecule has 76 valence electrons. The first-order valence-electron chi connectivity index (χ1n) is 4.47. The van der Waals surface area contributed by atoms with E-state index < -0.39 is 0 Å². The lowest BCUT2D eigenvalue weighted by atomic mass is 10.1. The van der Waals surface area contributed by atoms with Crippen molar-refractivity contribution in [3.63, 3.8) is 0 Å². The maximum Gasteiger partial charge on any atom is 0.231 e. The van der Waals surface area contributed by atoms with Crippen LogP contribution in [0.3, 0.4) is 0 Å². The molecule has 1 aromatic rings. The number of aryl methyl sites for hydroxylation is 1. The molecule has 0 aromatic heterocycles. The van der Waals surface area contributed by atoms with Gasteiger partial charge in [-0.05, 0) is 30.2 Å². The van der Waals surface area contributed by atoms with Crippen LogP contribution in [0.1, 0.15) is 11.1 Å². The highest BCUT2D eigenvalue weighted by Gasteiger charge is 2.14. The lowest BCUT2D eigenvalue weighted by Crippen LogP contribution is -2.10. The van der Waals surface area contributed by atoms with Crippen LogP contribution in [0.2, 0.25) is 0 Å². The third kappa shape index (κ3) is 1.86. The van der Waals surface area contributed by atoms with Gasteiger partial charge in [0.2, 0.25) is 6.79 Å². The molecule has 4 heteroatoms. The first kappa shape index (κ1) is 9.80. The highest BCUT2D eigenvalue weighted by atomic mass is 79.9. The number of rotatable bonds is 3. The first-order valence-corrected chi connectivity index (χ1v) is 5.59. The van der Waals surface area contributed by atoms with Gasteiger partial charge in [0.1, 0.15) is 0 Å². The Labute approximate surface area is 91.5 Å². The van der Waals surface area contributed by atoms with Gasteiger partial charge in [0.25, 0.3) is 0 Å². The van der Waals surface area contributed by atoms with Gasteiger partial charge in [-0.15, -0.1) is 0 Å². The van der Waals surface area contributed by atoms with E-state index in [4.69, 9.17) is 9.47 Å². The molecular weight excluding hydrogens is 246 g/mol. The zero-order chi connectivity index (χ0) is 9.97. The van der Waals surface area contributed by atoms with Gasteiger partial charge in [0, 0.05) is 6.54 Å². The predicted octanol–water partition coefficient (Wildman–Crippen LogP) is 2.17. The summed E-state index contributed by atoms with van der Waals surface area (Å²) in [6.07, 6.45) is 0. The molecule has 0 aliphatic carbocycles. The van der Waals surface area contributed by atoms with E-state index in [1.807, 2.05) is 12.1 Å². The zero-order valence-corrected chi connectivity index (χ0v) is 9.56. The standard InChI is InChI=1S/C10H12BrNO2/c1-7-2-9-10(14-6-13-9)3-8(7)4-12-5-11/h2-3,12H,4-6H2,1H3. The van der Waals surface area contributed by atoms with Crippen molar-refractivity contribution < 1.29 is 9.47 Å². The average Bonchev–Trinajstić information content (AvgIpc) is 2.61.